The maximum atomic E-state index is 12.7. The lowest BCUT2D eigenvalue weighted by Gasteiger charge is -2.12. The Morgan fingerprint density at radius 3 is 2.33 bits per heavy atom. The Morgan fingerprint density at radius 1 is 0.933 bits per heavy atom. The van der Waals surface area contributed by atoms with Gasteiger partial charge in [-0.05, 0) is 41.8 Å². The van der Waals surface area contributed by atoms with E-state index in [1.54, 1.807) is 12.1 Å². The van der Waals surface area contributed by atoms with Gasteiger partial charge < -0.3 is 24.5 Å². The highest BCUT2D eigenvalue weighted by Crippen LogP contribution is 2.37. The molecule has 0 unspecified atom stereocenters. The van der Waals surface area contributed by atoms with E-state index in [0.717, 1.165) is 5.56 Å². The molecule has 0 fully saturated rings. The summed E-state index contributed by atoms with van der Waals surface area (Å²) in [4.78, 5) is 12.7. The van der Waals surface area contributed by atoms with Crippen LogP contribution in [0.2, 0.25) is 5.02 Å². The zero-order valence-corrected chi connectivity index (χ0v) is 16.6. The van der Waals surface area contributed by atoms with E-state index in [0.29, 0.717) is 28.3 Å². The van der Waals surface area contributed by atoms with Gasteiger partial charge in [-0.25, -0.2) is 0 Å². The lowest BCUT2D eigenvalue weighted by atomic mass is 9.97. The van der Waals surface area contributed by atoms with Crippen molar-refractivity contribution in [3.8, 4) is 34.3 Å². The van der Waals surface area contributed by atoms with E-state index in [1.807, 2.05) is 12.1 Å². The normalized spacial score (nSPS) is 11.0. The van der Waals surface area contributed by atoms with Crippen molar-refractivity contribution in [1.29, 1.82) is 0 Å². The maximum Gasteiger partial charge on any atom is 0.197 e. The Balaban J connectivity index is 1.91. The van der Waals surface area contributed by atoms with Crippen molar-refractivity contribution in [3.63, 3.8) is 0 Å². The van der Waals surface area contributed by atoms with Crippen molar-refractivity contribution >= 4 is 22.6 Å². The molecule has 7 heteroatoms. The lowest BCUT2D eigenvalue weighted by Crippen LogP contribution is -2.02. The summed E-state index contributed by atoms with van der Waals surface area (Å²) in [6.45, 7) is 0. The standard InChI is InChI=1S/C23H17ClO6/c1-29-15-8-19(27)23-20(28)11-21(30-22(23)9-15)16-10-18(26)17(25)7-13(16)6-12-2-4-14(24)5-3-12/h2-5,7-11,25-27H,6H2,1H3. The number of rotatable bonds is 4. The molecule has 0 amide bonds. The average molecular weight is 425 g/mol. The first-order valence-corrected chi connectivity index (χ1v) is 9.38. The second kappa shape index (κ2) is 7.65. The number of benzene rings is 3. The molecule has 30 heavy (non-hydrogen) atoms. The molecule has 1 heterocycles. The topological polar surface area (TPSA) is 100 Å². The van der Waals surface area contributed by atoms with Crippen LogP contribution >= 0.6 is 11.6 Å². The summed E-state index contributed by atoms with van der Waals surface area (Å²) in [6.07, 6.45) is 0.394. The van der Waals surface area contributed by atoms with E-state index < -0.39 is 5.43 Å². The number of phenols is 3. The molecule has 0 bridgehead atoms. The third-order valence-corrected chi connectivity index (χ3v) is 5.04. The van der Waals surface area contributed by atoms with E-state index in [4.69, 9.17) is 20.8 Å². The molecule has 0 radical (unpaired) electrons. The van der Waals surface area contributed by atoms with Crippen LogP contribution in [0.4, 0.5) is 0 Å². The van der Waals surface area contributed by atoms with E-state index >= 15 is 0 Å². The number of aromatic hydroxyl groups is 3. The van der Waals surface area contributed by atoms with Gasteiger partial charge in [-0.3, -0.25) is 4.79 Å². The Hall–Kier alpha value is -3.64. The maximum absolute atomic E-state index is 12.7. The van der Waals surface area contributed by atoms with E-state index in [-0.39, 0.29) is 34.0 Å². The summed E-state index contributed by atoms with van der Waals surface area (Å²) in [7, 11) is 1.44. The third-order valence-electron chi connectivity index (χ3n) is 4.79. The minimum atomic E-state index is -0.448. The molecule has 3 aromatic carbocycles. The van der Waals surface area contributed by atoms with Gasteiger partial charge >= 0.3 is 0 Å². The van der Waals surface area contributed by atoms with Gasteiger partial charge in [0.25, 0.3) is 0 Å². The van der Waals surface area contributed by atoms with Crippen molar-refractivity contribution in [2.75, 3.05) is 7.11 Å². The molecule has 3 N–H and O–H groups in total. The largest absolute Gasteiger partial charge is 0.507 e. The van der Waals surface area contributed by atoms with Crippen molar-refractivity contribution in [2.45, 2.75) is 6.42 Å². The monoisotopic (exact) mass is 424 g/mol. The smallest absolute Gasteiger partial charge is 0.197 e. The van der Waals surface area contributed by atoms with E-state index in [1.165, 1.54) is 37.4 Å². The molecule has 0 aliphatic rings. The van der Waals surface area contributed by atoms with E-state index in [2.05, 4.69) is 0 Å². The van der Waals surface area contributed by atoms with Crippen LogP contribution in [-0.4, -0.2) is 22.4 Å². The first-order valence-electron chi connectivity index (χ1n) is 9.00. The molecule has 4 rings (SSSR count). The number of methoxy groups -OCH3 is 1. The number of halogens is 1. The molecule has 0 aliphatic carbocycles. The molecular weight excluding hydrogens is 408 g/mol. The zero-order valence-electron chi connectivity index (χ0n) is 15.8. The van der Waals surface area contributed by atoms with Gasteiger partial charge in [0.2, 0.25) is 0 Å². The number of hydrogen-bond acceptors (Lipinski definition) is 6. The lowest BCUT2D eigenvalue weighted by molar-refractivity contribution is 0.403. The molecule has 4 aromatic rings. The van der Waals surface area contributed by atoms with Crippen molar-refractivity contribution < 1.29 is 24.5 Å². The highest BCUT2D eigenvalue weighted by Gasteiger charge is 2.17. The third kappa shape index (κ3) is 3.65. The van der Waals surface area contributed by atoms with Crippen LogP contribution in [-0.2, 0) is 6.42 Å². The summed E-state index contributed by atoms with van der Waals surface area (Å²) < 4.78 is 11.0. The van der Waals surface area contributed by atoms with Crippen molar-refractivity contribution in [3.05, 3.63) is 81.0 Å². The molecule has 0 spiro atoms. The van der Waals surface area contributed by atoms with Gasteiger partial charge in [-0.1, -0.05) is 23.7 Å². The van der Waals surface area contributed by atoms with Crippen LogP contribution in [0.1, 0.15) is 11.1 Å². The fourth-order valence-corrected chi connectivity index (χ4v) is 3.44. The SMILES string of the molecule is COc1cc(O)c2c(=O)cc(-c3cc(O)c(O)cc3Cc3ccc(Cl)cc3)oc2c1. The average Bonchev–Trinajstić information content (AvgIpc) is 2.71. The highest BCUT2D eigenvalue weighted by molar-refractivity contribution is 6.30. The fourth-order valence-electron chi connectivity index (χ4n) is 3.31. The summed E-state index contributed by atoms with van der Waals surface area (Å²) >= 11 is 5.94. The van der Waals surface area contributed by atoms with E-state index in [9.17, 15) is 20.1 Å². The van der Waals surface area contributed by atoms with Gasteiger partial charge in [0.1, 0.15) is 28.2 Å². The second-order valence-electron chi connectivity index (χ2n) is 6.80. The van der Waals surface area contributed by atoms with Crippen LogP contribution in [0.15, 0.2) is 63.8 Å². The van der Waals surface area contributed by atoms with Gasteiger partial charge in [-0.15, -0.1) is 0 Å². The molecule has 152 valence electrons. The van der Waals surface area contributed by atoms with Crippen molar-refractivity contribution in [2.24, 2.45) is 0 Å². The number of ether oxygens (including phenoxy) is 1. The number of hydrogen-bond donors (Lipinski definition) is 3. The molecule has 0 saturated carbocycles. The zero-order chi connectivity index (χ0) is 21.4. The summed E-state index contributed by atoms with van der Waals surface area (Å²) in [5.41, 5.74) is 1.66. The highest BCUT2D eigenvalue weighted by atomic mass is 35.5. The predicted molar refractivity (Wildman–Crippen MR) is 114 cm³/mol. The van der Waals surface area contributed by atoms with Crippen LogP contribution in [0.5, 0.6) is 23.0 Å². The summed E-state index contributed by atoms with van der Waals surface area (Å²) in [5, 5.41) is 30.8. The number of phenolic OH excluding ortho intramolecular Hbond substituents is 3. The summed E-state index contributed by atoms with van der Waals surface area (Å²) in [6, 6.07) is 14.0. The first-order chi connectivity index (χ1) is 14.4. The second-order valence-corrected chi connectivity index (χ2v) is 7.23. The molecule has 0 atom stereocenters. The van der Waals surface area contributed by atoms with Gasteiger partial charge in [0.15, 0.2) is 16.9 Å². The first kappa shape index (κ1) is 19.7. The van der Waals surface area contributed by atoms with Crippen LogP contribution in [0.25, 0.3) is 22.3 Å². The quantitative estimate of drug-likeness (QED) is 0.406. The molecule has 0 aliphatic heterocycles. The summed E-state index contributed by atoms with van der Waals surface area (Å²) in [5.74, 6) is -0.375. The molecule has 6 nitrogen and oxygen atoms in total. The van der Waals surface area contributed by atoms with Gasteiger partial charge in [0.05, 0.1) is 7.11 Å². The van der Waals surface area contributed by atoms with Crippen LogP contribution in [0, 0.1) is 0 Å². The minimum absolute atomic E-state index is 0.0294. The molecule has 1 aromatic heterocycles. The molecule has 0 saturated heterocycles. The Morgan fingerprint density at radius 2 is 1.63 bits per heavy atom. The Labute approximate surface area is 176 Å². The predicted octanol–water partition coefficient (Wildman–Crippen LogP) is 4.83. The van der Waals surface area contributed by atoms with Gasteiger partial charge in [-0.2, -0.15) is 0 Å². The Bertz CT molecular complexity index is 1310. The molecular formula is C23H17ClO6. The minimum Gasteiger partial charge on any atom is -0.507 e. The number of fused-ring (bicyclic) bond motifs is 1. The van der Waals surface area contributed by atoms with Crippen molar-refractivity contribution in [1.82, 2.24) is 0 Å². The Kier molecular flexibility index (Phi) is 5.01. The van der Waals surface area contributed by atoms with Crippen LogP contribution < -0.4 is 10.2 Å². The van der Waals surface area contributed by atoms with Gasteiger partial charge in [0, 0.05) is 28.8 Å². The van der Waals surface area contributed by atoms with Crippen LogP contribution in [0.3, 0.4) is 0 Å². The fraction of sp³-hybridized carbons (Fsp3) is 0.0870.